The van der Waals surface area contributed by atoms with Gasteiger partial charge in [0.25, 0.3) is 5.91 Å². The average Bonchev–Trinajstić information content (AvgIpc) is 3.15. The van der Waals surface area contributed by atoms with E-state index in [9.17, 15) is 4.79 Å². The second-order valence-corrected chi connectivity index (χ2v) is 9.17. The minimum absolute atomic E-state index is 0.0197. The van der Waals surface area contributed by atoms with Gasteiger partial charge in [0.1, 0.15) is 11.4 Å². The number of likely N-dealkylation sites (tertiary alicyclic amines) is 1. The Hall–Kier alpha value is -2.37. The van der Waals surface area contributed by atoms with E-state index in [-0.39, 0.29) is 35.7 Å². The summed E-state index contributed by atoms with van der Waals surface area (Å²) in [5.41, 5.74) is 2.52. The lowest BCUT2D eigenvalue weighted by atomic mass is 9.74. The minimum atomic E-state index is -0.348. The summed E-state index contributed by atoms with van der Waals surface area (Å²) in [6, 6.07) is 16.0. The average molecular weight is 408 g/mol. The number of carbonyl (C=O) groups is 1. The lowest BCUT2D eigenvalue weighted by molar-refractivity contribution is -0.159. The van der Waals surface area contributed by atoms with Gasteiger partial charge in [-0.15, -0.1) is 0 Å². The summed E-state index contributed by atoms with van der Waals surface area (Å²) in [6.45, 7) is 5.51. The van der Waals surface area contributed by atoms with Gasteiger partial charge in [0.15, 0.2) is 0 Å². The maximum absolute atomic E-state index is 13.4. The number of rotatable bonds is 3. The van der Waals surface area contributed by atoms with Gasteiger partial charge >= 0.3 is 0 Å². The largest absolute Gasteiger partial charge is 0.487 e. The topological polar surface area (TPSA) is 48.0 Å². The molecule has 3 aliphatic heterocycles. The van der Waals surface area contributed by atoms with E-state index in [0.29, 0.717) is 6.61 Å². The maximum atomic E-state index is 13.4. The zero-order chi connectivity index (χ0) is 20.9. The number of fused-ring (bicyclic) bond motifs is 4. The number of amides is 1. The van der Waals surface area contributed by atoms with E-state index in [4.69, 9.17) is 14.2 Å². The molecule has 2 fully saturated rings. The van der Waals surface area contributed by atoms with Crippen LogP contribution in [0, 0.1) is 5.92 Å². The molecular formula is C25H29NO4. The third-order valence-corrected chi connectivity index (χ3v) is 6.90. The molecule has 4 atom stereocenters. The van der Waals surface area contributed by atoms with Crippen molar-refractivity contribution >= 4 is 5.91 Å². The van der Waals surface area contributed by atoms with Crippen LogP contribution in [0.25, 0.3) is 0 Å². The first-order valence-corrected chi connectivity index (χ1v) is 10.8. The molecule has 0 saturated carbocycles. The van der Waals surface area contributed by atoms with E-state index < -0.39 is 0 Å². The van der Waals surface area contributed by atoms with Crippen LogP contribution in [0.3, 0.4) is 0 Å². The Kier molecular flexibility index (Phi) is 4.83. The Morgan fingerprint density at radius 1 is 1.20 bits per heavy atom. The van der Waals surface area contributed by atoms with E-state index in [1.807, 2.05) is 47.4 Å². The standard InChI is InChI=1S/C25H29NO4/c1-25(2)19-14-20-22(29-23(19)18-9-4-5-10-21(18)30-25)11-12-26(20)24(27)17-8-6-7-16(13-17)15-28-3/h4-10,13,19-20,22-23H,11-12,14-15H2,1-3H3/t19-,20-,22-,23+/m1/s1. The SMILES string of the molecule is COCc1cccc(C(=O)N2CC[C@H]3O[C@H]4c5ccccc5OC(C)(C)[C@@H]4C[C@H]32)c1. The van der Waals surface area contributed by atoms with Crippen LogP contribution in [0.15, 0.2) is 48.5 Å². The molecule has 3 heterocycles. The Labute approximate surface area is 177 Å². The van der Waals surface area contributed by atoms with Gasteiger partial charge in [0.2, 0.25) is 0 Å². The van der Waals surface area contributed by atoms with Crippen LogP contribution in [0.1, 0.15) is 54.3 Å². The molecule has 5 nitrogen and oxygen atoms in total. The molecular weight excluding hydrogens is 378 g/mol. The molecule has 2 aromatic carbocycles. The maximum Gasteiger partial charge on any atom is 0.254 e. The van der Waals surface area contributed by atoms with Gasteiger partial charge in [0.05, 0.1) is 24.9 Å². The number of hydrogen-bond acceptors (Lipinski definition) is 4. The number of ether oxygens (including phenoxy) is 3. The summed E-state index contributed by atoms with van der Waals surface area (Å²) in [5.74, 6) is 1.20. The molecule has 0 N–H and O–H groups in total. The summed E-state index contributed by atoms with van der Waals surface area (Å²) in [7, 11) is 1.67. The number of hydrogen-bond donors (Lipinski definition) is 0. The fraction of sp³-hybridized carbons (Fsp3) is 0.480. The van der Waals surface area contributed by atoms with Gasteiger partial charge in [-0.25, -0.2) is 0 Å². The fourth-order valence-electron chi connectivity index (χ4n) is 5.41. The van der Waals surface area contributed by atoms with Crippen LogP contribution in [-0.4, -0.2) is 42.2 Å². The molecule has 3 aliphatic rings. The Morgan fingerprint density at radius 3 is 2.87 bits per heavy atom. The molecule has 0 radical (unpaired) electrons. The zero-order valence-corrected chi connectivity index (χ0v) is 17.8. The number of para-hydroxylation sites is 1. The summed E-state index contributed by atoms with van der Waals surface area (Å²) in [5, 5.41) is 0. The highest BCUT2D eigenvalue weighted by Crippen LogP contribution is 2.52. The number of carbonyl (C=O) groups excluding carboxylic acids is 1. The third-order valence-electron chi connectivity index (χ3n) is 6.90. The van der Waals surface area contributed by atoms with Gasteiger partial charge in [-0.2, -0.15) is 0 Å². The second kappa shape index (κ2) is 7.40. The van der Waals surface area contributed by atoms with Gasteiger partial charge in [-0.1, -0.05) is 30.3 Å². The number of nitrogens with zero attached hydrogens (tertiary/aromatic N) is 1. The first kappa shape index (κ1) is 19.6. The van der Waals surface area contributed by atoms with Crippen molar-refractivity contribution in [3.8, 4) is 5.75 Å². The first-order chi connectivity index (χ1) is 14.5. The van der Waals surface area contributed by atoms with Crippen LogP contribution in [-0.2, 0) is 16.1 Å². The molecule has 0 unspecified atom stereocenters. The lowest BCUT2D eigenvalue weighted by Gasteiger charge is -2.50. The molecule has 0 aliphatic carbocycles. The van der Waals surface area contributed by atoms with Crippen molar-refractivity contribution < 1.29 is 19.0 Å². The molecule has 158 valence electrons. The van der Waals surface area contributed by atoms with Crippen LogP contribution < -0.4 is 4.74 Å². The van der Waals surface area contributed by atoms with Crippen LogP contribution in [0.2, 0.25) is 0 Å². The van der Waals surface area contributed by atoms with Crippen LogP contribution in [0.5, 0.6) is 5.75 Å². The predicted molar refractivity (Wildman–Crippen MR) is 113 cm³/mol. The molecule has 0 spiro atoms. The second-order valence-electron chi connectivity index (χ2n) is 9.17. The van der Waals surface area contributed by atoms with Crippen molar-refractivity contribution in [3.63, 3.8) is 0 Å². The van der Waals surface area contributed by atoms with Crippen molar-refractivity contribution in [3.05, 3.63) is 65.2 Å². The van der Waals surface area contributed by atoms with E-state index >= 15 is 0 Å². The minimum Gasteiger partial charge on any atom is -0.487 e. The highest BCUT2D eigenvalue weighted by atomic mass is 16.5. The molecule has 1 amide bonds. The zero-order valence-electron chi connectivity index (χ0n) is 17.8. The summed E-state index contributed by atoms with van der Waals surface area (Å²) >= 11 is 0. The molecule has 0 aromatic heterocycles. The Morgan fingerprint density at radius 2 is 2.03 bits per heavy atom. The smallest absolute Gasteiger partial charge is 0.254 e. The van der Waals surface area contributed by atoms with Crippen molar-refractivity contribution in [2.45, 2.75) is 57.1 Å². The van der Waals surface area contributed by atoms with Gasteiger partial charge in [-0.05, 0) is 50.5 Å². The predicted octanol–water partition coefficient (Wildman–Crippen LogP) is 4.36. The van der Waals surface area contributed by atoms with Gasteiger partial charge in [0, 0.05) is 30.7 Å². The lowest BCUT2D eigenvalue weighted by Crippen LogP contribution is -2.54. The van der Waals surface area contributed by atoms with Crippen molar-refractivity contribution in [2.75, 3.05) is 13.7 Å². The molecule has 5 rings (SSSR count). The molecule has 0 bridgehead atoms. The van der Waals surface area contributed by atoms with Crippen molar-refractivity contribution in [1.29, 1.82) is 0 Å². The monoisotopic (exact) mass is 407 g/mol. The molecule has 30 heavy (non-hydrogen) atoms. The molecule has 5 heteroatoms. The van der Waals surface area contributed by atoms with E-state index in [0.717, 1.165) is 41.8 Å². The van der Waals surface area contributed by atoms with E-state index in [1.54, 1.807) is 7.11 Å². The fourth-order valence-corrected chi connectivity index (χ4v) is 5.41. The molecule has 2 saturated heterocycles. The molecule has 2 aromatic rings. The number of methoxy groups -OCH3 is 1. The van der Waals surface area contributed by atoms with E-state index in [1.165, 1.54) is 0 Å². The van der Waals surface area contributed by atoms with Crippen LogP contribution in [0.4, 0.5) is 0 Å². The van der Waals surface area contributed by atoms with Crippen molar-refractivity contribution in [2.24, 2.45) is 5.92 Å². The van der Waals surface area contributed by atoms with Gasteiger partial charge < -0.3 is 19.1 Å². The normalized spacial score (nSPS) is 28.8. The third kappa shape index (κ3) is 3.21. The first-order valence-electron chi connectivity index (χ1n) is 10.8. The highest BCUT2D eigenvalue weighted by Gasteiger charge is 2.53. The Bertz CT molecular complexity index is 956. The van der Waals surface area contributed by atoms with E-state index in [2.05, 4.69) is 19.9 Å². The summed E-state index contributed by atoms with van der Waals surface area (Å²) < 4.78 is 18.2. The van der Waals surface area contributed by atoms with Gasteiger partial charge in [-0.3, -0.25) is 4.79 Å². The highest BCUT2D eigenvalue weighted by molar-refractivity contribution is 5.94. The quantitative estimate of drug-likeness (QED) is 0.758. The summed E-state index contributed by atoms with van der Waals surface area (Å²) in [6.07, 6.45) is 1.85. The number of benzene rings is 2. The summed E-state index contributed by atoms with van der Waals surface area (Å²) in [4.78, 5) is 15.4. The Balaban J connectivity index is 1.41. The van der Waals surface area contributed by atoms with Crippen molar-refractivity contribution in [1.82, 2.24) is 4.90 Å². The van der Waals surface area contributed by atoms with Crippen LogP contribution >= 0.6 is 0 Å².